The minimum absolute atomic E-state index is 0.0845. The smallest absolute Gasteiger partial charge is 0.254 e. The molecule has 5 nitrogen and oxygen atoms in total. The van der Waals surface area contributed by atoms with E-state index < -0.39 is 0 Å². The molecule has 2 N–H and O–H groups in total. The molecule has 1 saturated carbocycles. The van der Waals surface area contributed by atoms with Crippen molar-refractivity contribution in [1.82, 2.24) is 19.9 Å². The molecule has 146 valence electrons. The van der Waals surface area contributed by atoms with E-state index in [9.17, 15) is 4.79 Å². The Morgan fingerprint density at radius 3 is 2.93 bits per heavy atom. The third kappa shape index (κ3) is 3.44. The second kappa shape index (κ2) is 7.48. The average Bonchev–Trinajstić information content (AvgIpc) is 3.10. The van der Waals surface area contributed by atoms with Gasteiger partial charge in [0.25, 0.3) is 5.56 Å². The Labute approximate surface area is 172 Å². The fourth-order valence-corrected chi connectivity index (χ4v) is 5.10. The first-order valence-corrected chi connectivity index (χ1v) is 11.1. The maximum absolute atomic E-state index is 12.6. The number of H-pyrrole nitrogens is 2. The number of fused-ring (bicyclic) bond motifs is 2. The Morgan fingerprint density at radius 1 is 1.21 bits per heavy atom. The van der Waals surface area contributed by atoms with E-state index in [0.717, 1.165) is 66.0 Å². The van der Waals surface area contributed by atoms with E-state index in [1.54, 1.807) is 0 Å². The van der Waals surface area contributed by atoms with E-state index in [4.69, 9.17) is 4.98 Å². The molecule has 1 fully saturated rings. The van der Waals surface area contributed by atoms with Crippen molar-refractivity contribution in [2.75, 3.05) is 6.54 Å². The zero-order valence-corrected chi connectivity index (χ0v) is 17.5. The Bertz CT molecular complexity index is 1060. The molecule has 3 heterocycles. The van der Waals surface area contributed by atoms with Crippen LogP contribution in [-0.2, 0) is 19.5 Å². The predicted molar refractivity (Wildman–Crippen MR) is 115 cm³/mol. The first-order chi connectivity index (χ1) is 13.7. The molecule has 0 saturated heterocycles. The van der Waals surface area contributed by atoms with Crippen molar-refractivity contribution in [3.63, 3.8) is 0 Å². The molecule has 5 rings (SSSR count). The molecule has 6 heteroatoms. The third-order valence-electron chi connectivity index (χ3n) is 6.29. The quantitative estimate of drug-likeness (QED) is 0.624. The van der Waals surface area contributed by atoms with Crippen LogP contribution in [0.15, 0.2) is 33.7 Å². The van der Waals surface area contributed by atoms with E-state index in [1.807, 2.05) is 0 Å². The largest absolute Gasteiger partial charge is 0.361 e. The normalized spacial score (nSPS) is 18.5. The van der Waals surface area contributed by atoms with Gasteiger partial charge < -0.3 is 9.97 Å². The summed E-state index contributed by atoms with van der Waals surface area (Å²) in [6, 6.07) is 6.33. The molecule has 3 aromatic rings. The lowest BCUT2D eigenvalue weighted by atomic mass is 9.88. The lowest BCUT2D eigenvalue weighted by Gasteiger charge is -2.28. The molecule has 0 radical (unpaired) electrons. The van der Waals surface area contributed by atoms with Crippen LogP contribution in [0, 0.1) is 0 Å². The standard InChI is InChI=1S/C22H25BrN4O/c23-16-6-7-19-18(10-16)15(11-24-19)12-27-9-8-17-20(13-27)25-21(26-22(17)28)14-4-2-1-3-5-14/h6-7,10-11,14,24H,1-5,8-9,12-13H2,(H,25,26,28). The van der Waals surface area contributed by atoms with Crippen molar-refractivity contribution in [3.8, 4) is 0 Å². The summed E-state index contributed by atoms with van der Waals surface area (Å²) >= 11 is 3.58. The summed E-state index contributed by atoms with van der Waals surface area (Å²) in [5.41, 5.74) is 4.40. The fraction of sp³-hybridized carbons (Fsp3) is 0.455. The summed E-state index contributed by atoms with van der Waals surface area (Å²) in [5.74, 6) is 1.34. The van der Waals surface area contributed by atoms with Crippen LogP contribution in [0.5, 0.6) is 0 Å². The van der Waals surface area contributed by atoms with E-state index in [-0.39, 0.29) is 5.56 Å². The highest BCUT2D eigenvalue weighted by Gasteiger charge is 2.25. The van der Waals surface area contributed by atoms with Crippen LogP contribution in [-0.4, -0.2) is 26.4 Å². The topological polar surface area (TPSA) is 64.8 Å². The van der Waals surface area contributed by atoms with E-state index in [1.165, 1.54) is 30.2 Å². The van der Waals surface area contributed by atoms with Gasteiger partial charge in [-0.05, 0) is 43.0 Å². The van der Waals surface area contributed by atoms with Gasteiger partial charge in [-0.3, -0.25) is 9.69 Å². The van der Waals surface area contributed by atoms with Gasteiger partial charge in [-0.2, -0.15) is 0 Å². The van der Waals surface area contributed by atoms with Crippen LogP contribution in [0.1, 0.15) is 60.7 Å². The van der Waals surface area contributed by atoms with E-state index in [0.29, 0.717) is 5.92 Å². The maximum atomic E-state index is 12.6. The zero-order valence-electron chi connectivity index (χ0n) is 15.9. The number of nitrogens with zero attached hydrogens (tertiary/aromatic N) is 2. The van der Waals surface area contributed by atoms with E-state index >= 15 is 0 Å². The SMILES string of the molecule is O=c1[nH]c(C2CCCCC2)nc2c1CCN(Cc1c[nH]c3ccc(Br)cc13)C2. The van der Waals surface area contributed by atoms with Crippen molar-refractivity contribution in [3.05, 3.63) is 61.9 Å². The summed E-state index contributed by atoms with van der Waals surface area (Å²) < 4.78 is 1.09. The minimum Gasteiger partial charge on any atom is -0.361 e. The molecule has 2 aliphatic rings. The number of hydrogen-bond donors (Lipinski definition) is 2. The first kappa shape index (κ1) is 18.1. The van der Waals surface area contributed by atoms with Crippen molar-refractivity contribution in [2.24, 2.45) is 0 Å². The Balaban J connectivity index is 1.40. The van der Waals surface area contributed by atoms with Crippen LogP contribution in [0.25, 0.3) is 10.9 Å². The van der Waals surface area contributed by atoms with Crippen LogP contribution < -0.4 is 5.56 Å². The van der Waals surface area contributed by atoms with Gasteiger partial charge in [0, 0.05) is 52.7 Å². The summed E-state index contributed by atoms with van der Waals surface area (Å²) in [6.07, 6.45) is 8.97. The van der Waals surface area contributed by atoms with Crippen LogP contribution >= 0.6 is 15.9 Å². The number of hydrogen-bond acceptors (Lipinski definition) is 3. The van der Waals surface area contributed by atoms with Gasteiger partial charge in [-0.1, -0.05) is 35.2 Å². The van der Waals surface area contributed by atoms with Crippen LogP contribution in [0.3, 0.4) is 0 Å². The lowest BCUT2D eigenvalue weighted by Crippen LogP contribution is -2.35. The first-order valence-electron chi connectivity index (χ1n) is 10.3. The highest BCUT2D eigenvalue weighted by Crippen LogP contribution is 2.31. The van der Waals surface area contributed by atoms with Crippen molar-refractivity contribution >= 4 is 26.8 Å². The number of aromatic nitrogens is 3. The number of nitrogens with one attached hydrogen (secondary N) is 2. The van der Waals surface area contributed by atoms with Crippen molar-refractivity contribution in [2.45, 2.75) is 57.5 Å². The molecule has 28 heavy (non-hydrogen) atoms. The molecule has 0 spiro atoms. The lowest BCUT2D eigenvalue weighted by molar-refractivity contribution is 0.240. The van der Waals surface area contributed by atoms with Gasteiger partial charge in [0.2, 0.25) is 0 Å². The summed E-state index contributed by atoms with van der Waals surface area (Å²) in [7, 11) is 0. The zero-order chi connectivity index (χ0) is 19.1. The third-order valence-corrected chi connectivity index (χ3v) is 6.78. The Morgan fingerprint density at radius 2 is 2.07 bits per heavy atom. The Hall–Kier alpha value is -1.92. The second-order valence-corrected chi connectivity index (χ2v) is 9.09. The molecule has 0 bridgehead atoms. The Kier molecular flexibility index (Phi) is 4.85. The van der Waals surface area contributed by atoms with Gasteiger partial charge in [0.15, 0.2) is 0 Å². The maximum Gasteiger partial charge on any atom is 0.254 e. The van der Waals surface area contributed by atoms with Gasteiger partial charge >= 0.3 is 0 Å². The number of rotatable bonds is 3. The molecule has 0 amide bonds. The number of aromatic amines is 2. The molecule has 1 aliphatic heterocycles. The summed E-state index contributed by atoms with van der Waals surface area (Å²) in [4.78, 5) is 26.5. The molecule has 0 atom stereocenters. The van der Waals surface area contributed by atoms with Gasteiger partial charge in [0.1, 0.15) is 5.82 Å². The van der Waals surface area contributed by atoms with Gasteiger partial charge in [-0.25, -0.2) is 4.98 Å². The summed E-state index contributed by atoms with van der Waals surface area (Å²) in [5, 5.41) is 1.25. The average molecular weight is 441 g/mol. The number of halogens is 1. The van der Waals surface area contributed by atoms with Crippen LogP contribution in [0.4, 0.5) is 0 Å². The highest BCUT2D eigenvalue weighted by molar-refractivity contribution is 9.10. The molecule has 0 unspecified atom stereocenters. The minimum atomic E-state index is 0.0845. The fourth-order valence-electron chi connectivity index (χ4n) is 4.74. The summed E-state index contributed by atoms with van der Waals surface area (Å²) in [6.45, 7) is 2.50. The number of benzene rings is 1. The van der Waals surface area contributed by atoms with Crippen LogP contribution in [0.2, 0.25) is 0 Å². The molecular formula is C22H25BrN4O. The highest BCUT2D eigenvalue weighted by atomic mass is 79.9. The van der Waals surface area contributed by atoms with Crippen molar-refractivity contribution < 1.29 is 0 Å². The molecular weight excluding hydrogens is 416 g/mol. The van der Waals surface area contributed by atoms with Crippen molar-refractivity contribution in [1.29, 1.82) is 0 Å². The molecule has 1 aliphatic carbocycles. The monoisotopic (exact) mass is 440 g/mol. The molecule has 1 aromatic carbocycles. The van der Waals surface area contributed by atoms with Gasteiger partial charge in [0.05, 0.1) is 5.69 Å². The predicted octanol–water partition coefficient (Wildman–Crippen LogP) is 4.62. The van der Waals surface area contributed by atoms with Gasteiger partial charge in [-0.15, -0.1) is 0 Å². The van der Waals surface area contributed by atoms with E-state index in [2.05, 4.69) is 55.2 Å². The second-order valence-electron chi connectivity index (χ2n) is 8.18. The molecule has 2 aromatic heterocycles.